The van der Waals surface area contributed by atoms with Gasteiger partial charge in [-0.05, 0) is 71.0 Å². The standard InChI is InChI=1S/C21H37F2N3O/c1-15(2)17-5-9-24(10-6-17)19-8-12-26(14-21(19,22)23)20(27)18-7-11-25(13-18)16(3)4/h15-19H,5-14H2,1-4H3/t18-,19?/m0/s1. The number of hydrogen-bond donors (Lipinski definition) is 0. The first kappa shape index (κ1) is 21.0. The van der Waals surface area contributed by atoms with Gasteiger partial charge in [0.1, 0.15) is 0 Å². The van der Waals surface area contributed by atoms with Gasteiger partial charge in [0.15, 0.2) is 0 Å². The fraction of sp³-hybridized carbons (Fsp3) is 0.952. The molecule has 0 aromatic heterocycles. The van der Waals surface area contributed by atoms with Gasteiger partial charge in [0.05, 0.1) is 18.5 Å². The van der Waals surface area contributed by atoms with Crippen molar-refractivity contribution in [1.29, 1.82) is 0 Å². The largest absolute Gasteiger partial charge is 0.336 e. The van der Waals surface area contributed by atoms with Crippen LogP contribution in [0.4, 0.5) is 8.78 Å². The van der Waals surface area contributed by atoms with Crippen molar-refractivity contribution in [3.05, 3.63) is 0 Å². The van der Waals surface area contributed by atoms with Gasteiger partial charge in [-0.3, -0.25) is 9.69 Å². The zero-order valence-electron chi connectivity index (χ0n) is 17.5. The zero-order chi connectivity index (χ0) is 19.8. The summed E-state index contributed by atoms with van der Waals surface area (Å²) in [7, 11) is 0. The average molecular weight is 386 g/mol. The molecule has 3 aliphatic heterocycles. The van der Waals surface area contributed by atoms with Crippen molar-refractivity contribution in [2.24, 2.45) is 17.8 Å². The highest BCUT2D eigenvalue weighted by Gasteiger charge is 2.49. The molecule has 6 heteroatoms. The Balaban J connectivity index is 1.55. The summed E-state index contributed by atoms with van der Waals surface area (Å²) in [5.41, 5.74) is 0. The molecule has 3 saturated heterocycles. The number of amides is 1. The third-order valence-corrected chi connectivity index (χ3v) is 7.13. The molecule has 0 spiro atoms. The zero-order valence-corrected chi connectivity index (χ0v) is 17.5. The van der Waals surface area contributed by atoms with Crippen LogP contribution in [0, 0.1) is 17.8 Å². The summed E-state index contributed by atoms with van der Waals surface area (Å²) < 4.78 is 29.9. The summed E-state index contributed by atoms with van der Waals surface area (Å²) >= 11 is 0. The minimum absolute atomic E-state index is 0.0604. The van der Waals surface area contributed by atoms with Crippen LogP contribution in [0.3, 0.4) is 0 Å². The molecule has 1 amide bonds. The number of likely N-dealkylation sites (tertiary alicyclic amines) is 3. The van der Waals surface area contributed by atoms with Gasteiger partial charge in [-0.1, -0.05) is 13.8 Å². The monoisotopic (exact) mass is 385 g/mol. The van der Waals surface area contributed by atoms with E-state index in [4.69, 9.17) is 0 Å². The number of carbonyl (C=O) groups excluding carboxylic acids is 1. The van der Waals surface area contributed by atoms with E-state index in [0.29, 0.717) is 37.4 Å². The van der Waals surface area contributed by atoms with Crippen LogP contribution in [-0.2, 0) is 4.79 Å². The first-order chi connectivity index (χ1) is 12.7. The summed E-state index contributed by atoms with van der Waals surface area (Å²) in [6, 6.07) is -0.297. The summed E-state index contributed by atoms with van der Waals surface area (Å²) in [5, 5.41) is 0. The molecule has 3 rings (SSSR count). The van der Waals surface area contributed by atoms with Crippen LogP contribution in [0.1, 0.15) is 53.4 Å². The SMILES string of the molecule is CC(C)C1CCN(C2CCN(C(=O)[C@H]3CCN(C(C)C)C3)CC2(F)F)CC1. The van der Waals surface area contributed by atoms with E-state index in [0.717, 1.165) is 38.9 Å². The molecule has 1 unspecified atom stereocenters. The van der Waals surface area contributed by atoms with E-state index in [-0.39, 0.29) is 11.8 Å². The molecule has 0 saturated carbocycles. The Morgan fingerprint density at radius 1 is 0.963 bits per heavy atom. The Bertz CT molecular complexity index is 518. The van der Waals surface area contributed by atoms with Crippen LogP contribution in [0.15, 0.2) is 0 Å². The second-order valence-corrected chi connectivity index (χ2v) is 9.52. The van der Waals surface area contributed by atoms with E-state index in [1.165, 1.54) is 4.90 Å². The Labute approximate surface area is 163 Å². The van der Waals surface area contributed by atoms with E-state index >= 15 is 0 Å². The molecule has 0 radical (unpaired) electrons. The van der Waals surface area contributed by atoms with Gasteiger partial charge in [-0.25, -0.2) is 8.78 Å². The van der Waals surface area contributed by atoms with Crippen LogP contribution in [-0.4, -0.2) is 77.9 Å². The lowest BCUT2D eigenvalue weighted by atomic mass is 9.85. The molecule has 0 N–H and O–H groups in total. The molecule has 3 aliphatic rings. The molecule has 2 atom stereocenters. The highest BCUT2D eigenvalue weighted by molar-refractivity contribution is 5.79. The molecule has 156 valence electrons. The molecule has 4 nitrogen and oxygen atoms in total. The average Bonchev–Trinajstić information content (AvgIpc) is 3.10. The van der Waals surface area contributed by atoms with Crippen LogP contribution in [0.5, 0.6) is 0 Å². The van der Waals surface area contributed by atoms with Gasteiger partial charge < -0.3 is 9.80 Å². The minimum Gasteiger partial charge on any atom is -0.336 e. The Hall–Kier alpha value is -0.750. The third kappa shape index (κ3) is 4.64. The predicted octanol–water partition coefficient (Wildman–Crippen LogP) is 3.32. The quantitative estimate of drug-likeness (QED) is 0.743. The first-order valence-corrected chi connectivity index (χ1v) is 10.8. The summed E-state index contributed by atoms with van der Waals surface area (Å²) in [4.78, 5) is 18.5. The molecule has 0 aromatic rings. The first-order valence-electron chi connectivity index (χ1n) is 10.8. The van der Waals surface area contributed by atoms with E-state index in [1.54, 1.807) is 0 Å². The number of carbonyl (C=O) groups is 1. The lowest BCUT2D eigenvalue weighted by molar-refractivity contribution is -0.159. The van der Waals surface area contributed by atoms with Crippen LogP contribution < -0.4 is 0 Å². The molecule has 27 heavy (non-hydrogen) atoms. The van der Waals surface area contributed by atoms with Crippen molar-refractivity contribution >= 4 is 5.91 Å². The van der Waals surface area contributed by atoms with Crippen molar-refractivity contribution in [3.63, 3.8) is 0 Å². The summed E-state index contributed by atoms with van der Waals surface area (Å²) in [6.07, 6.45) is 3.22. The molecule has 0 bridgehead atoms. The van der Waals surface area contributed by atoms with Gasteiger partial charge in [0.2, 0.25) is 5.91 Å². The highest BCUT2D eigenvalue weighted by atomic mass is 19.3. The molecule has 3 heterocycles. The second-order valence-electron chi connectivity index (χ2n) is 9.52. The molecule has 0 aliphatic carbocycles. The molecular formula is C21H37F2N3O. The third-order valence-electron chi connectivity index (χ3n) is 7.13. The van der Waals surface area contributed by atoms with Gasteiger partial charge in [0, 0.05) is 19.1 Å². The number of nitrogens with zero attached hydrogens (tertiary/aromatic N) is 3. The van der Waals surface area contributed by atoms with Gasteiger partial charge in [-0.15, -0.1) is 0 Å². The van der Waals surface area contributed by atoms with Crippen LogP contribution >= 0.6 is 0 Å². The van der Waals surface area contributed by atoms with E-state index in [2.05, 4.69) is 32.6 Å². The summed E-state index contributed by atoms with van der Waals surface area (Å²) in [5.74, 6) is -1.70. The van der Waals surface area contributed by atoms with E-state index in [9.17, 15) is 13.6 Å². The predicted molar refractivity (Wildman–Crippen MR) is 104 cm³/mol. The molecular weight excluding hydrogens is 348 g/mol. The normalized spacial score (nSPS) is 31.2. The van der Waals surface area contributed by atoms with Gasteiger partial charge in [0.25, 0.3) is 5.92 Å². The summed E-state index contributed by atoms with van der Waals surface area (Å²) in [6.45, 7) is 11.9. The van der Waals surface area contributed by atoms with Crippen molar-refractivity contribution in [3.8, 4) is 0 Å². The van der Waals surface area contributed by atoms with Crippen LogP contribution in [0.2, 0.25) is 0 Å². The van der Waals surface area contributed by atoms with Crippen molar-refractivity contribution in [2.45, 2.75) is 71.4 Å². The topological polar surface area (TPSA) is 26.8 Å². The Morgan fingerprint density at radius 3 is 2.15 bits per heavy atom. The number of halogens is 2. The number of piperidine rings is 2. The van der Waals surface area contributed by atoms with Crippen LogP contribution in [0.25, 0.3) is 0 Å². The van der Waals surface area contributed by atoms with E-state index in [1.807, 2.05) is 4.90 Å². The lowest BCUT2D eigenvalue weighted by Gasteiger charge is -2.46. The fourth-order valence-electron chi connectivity index (χ4n) is 5.18. The van der Waals surface area contributed by atoms with Gasteiger partial charge in [-0.2, -0.15) is 0 Å². The van der Waals surface area contributed by atoms with Gasteiger partial charge >= 0.3 is 0 Å². The van der Waals surface area contributed by atoms with Crippen molar-refractivity contribution in [2.75, 3.05) is 39.3 Å². The smallest absolute Gasteiger partial charge is 0.280 e. The highest BCUT2D eigenvalue weighted by Crippen LogP contribution is 2.36. The Kier molecular flexibility index (Phi) is 6.46. The number of hydrogen-bond acceptors (Lipinski definition) is 3. The second kappa shape index (κ2) is 8.32. The molecule has 3 fully saturated rings. The maximum Gasteiger partial charge on any atom is 0.280 e. The van der Waals surface area contributed by atoms with Crippen molar-refractivity contribution < 1.29 is 13.6 Å². The minimum atomic E-state index is -2.81. The maximum absolute atomic E-state index is 15.0. The van der Waals surface area contributed by atoms with Crippen molar-refractivity contribution in [1.82, 2.24) is 14.7 Å². The molecule has 0 aromatic carbocycles. The number of alkyl halides is 2. The Morgan fingerprint density at radius 2 is 1.63 bits per heavy atom. The maximum atomic E-state index is 15.0. The van der Waals surface area contributed by atoms with E-state index < -0.39 is 18.5 Å². The number of rotatable bonds is 4. The lowest BCUT2D eigenvalue weighted by Crippen LogP contribution is -2.61. The fourth-order valence-corrected chi connectivity index (χ4v) is 5.18.